The van der Waals surface area contributed by atoms with Crippen LogP contribution in [0.15, 0.2) is 0 Å². The number of nitrogens with one attached hydrogen (secondary N) is 1. The Morgan fingerprint density at radius 3 is 2.86 bits per heavy atom. The number of anilines is 1. The Labute approximate surface area is 87.3 Å². The van der Waals surface area contributed by atoms with E-state index >= 15 is 0 Å². The summed E-state index contributed by atoms with van der Waals surface area (Å²) in [6, 6.07) is -0.459. The molecule has 1 aliphatic carbocycles. The van der Waals surface area contributed by atoms with Gasteiger partial charge < -0.3 is 11.1 Å². The van der Waals surface area contributed by atoms with Gasteiger partial charge in [0.2, 0.25) is 0 Å². The fourth-order valence-corrected chi connectivity index (χ4v) is 3.21. The van der Waals surface area contributed by atoms with Crippen LogP contribution in [0.3, 0.4) is 0 Å². The van der Waals surface area contributed by atoms with Crippen LogP contribution in [0.5, 0.6) is 0 Å². The van der Waals surface area contributed by atoms with Crippen molar-refractivity contribution in [3.8, 4) is 0 Å². The van der Waals surface area contributed by atoms with E-state index in [2.05, 4.69) is 5.32 Å². The maximum atomic E-state index is 10.8. The maximum Gasteiger partial charge on any atom is 0.316 e. The number of rotatable bonds is 1. The summed E-state index contributed by atoms with van der Waals surface area (Å²) in [7, 11) is 0. The molecule has 14 heavy (non-hydrogen) atoms. The monoisotopic (exact) mass is 210 g/mol. The molecule has 0 spiro atoms. The molecule has 0 saturated carbocycles. The number of hydrogen-bond acceptors (Lipinski definition) is 2. The number of urea groups is 1. The van der Waals surface area contributed by atoms with Crippen LogP contribution >= 0.6 is 11.3 Å². The van der Waals surface area contributed by atoms with Crippen LogP contribution in [0.25, 0.3) is 0 Å². The number of amides is 2. The number of fused-ring (bicyclic) bond motifs is 1. The second-order valence-corrected chi connectivity index (χ2v) is 4.94. The first-order valence-corrected chi connectivity index (χ1v) is 5.67. The number of carbonyl (C=O) groups is 1. The molecule has 1 aromatic heterocycles. The second-order valence-electron chi connectivity index (χ2n) is 3.63. The van der Waals surface area contributed by atoms with Crippen molar-refractivity contribution in [2.45, 2.75) is 32.6 Å². The molecule has 76 valence electrons. The topological polar surface area (TPSA) is 55.1 Å². The number of nitrogens with two attached hydrogens (primary N) is 1. The number of aryl methyl sites for hydroxylation is 2. The van der Waals surface area contributed by atoms with Gasteiger partial charge in [0.05, 0.1) is 5.69 Å². The summed E-state index contributed by atoms with van der Waals surface area (Å²) >= 11 is 1.79. The fourth-order valence-electron chi connectivity index (χ4n) is 1.99. The third kappa shape index (κ3) is 1.62. The highest BCUT2D eigenvalue weighted by Crippen LogP contribution is 2.37. The van der Waals surface area contributed by atoms with E-state index in [1.807, 2.05) is 6.92 Å². The standard InChI is InChI=1S/C10H14N2OS/c1-6-9(12-10(11)13)7-4-2-3-5-8(7)14-6/h2-5H2,1H3,(H3,11,12,13). The van der Waals surface area contributed by atoms with Gasteiger partial charge in [0, 0.05) is 9.75 Å². The van der Waals surface area contributed by atoms with Crippen molar-refractivity contribution < 1.29 is 4.79 Å². The number of thiophene rings is 1. The number of primary amides is 1. The van der Waals surface area contributed by atoms with E-state index in [1.165, 1.54) is 28.2 Å². The maximum absolute atomic E-state index is 10.8. The smallest absolute Gasteiger partial charge is 0.316 e. The highest BCUT2D eigenvalue weighted by molar-refractivity contribution is 7.12. The van der Waals surface area contributed by atoms with E-state index in [9.17, 15) is 4.79 Å². The van der Waals surface area contributed by atoms with Gasteiger partial charge in [-0.15, -0.1) is 11.3 Å². The third-order valence-electron chi connectivity index (χ3n) is 2.60. The minimum Gasteiger partial charge on any atom is -0.351 e. The Hall–Kier alpha value is -1.03. The van der Waals surface area contributed by atoms with Gasteiger partial charge in [-0.3, -0.25) is 0 Å². The first kappa shape index (κ1) is 9.52. The zero-order valence-electron chi connectivity index (χ0n) is 8.22. The fraction of sp³-hybridized carbons (Fsp3) is 0.500. The molecular formula is C10H14N2OS. The summed E-state index contributed by atoms with van der Waals surface area (Å²) in [5, 5.41) is 2.73. The molecule has 0 saturated heterocycles. The van der Waals surface area contributed by atoms with E-state index in [0.29, 0.717) is 0 Å². The van der Waals surface area contributed by atoms with E-state index in [1.54, 1.807) is 11.3 Å². The molecule has 0 atom stereocenters. The van der Waals surface area contributed by atoms with E-state index in [0.717, 1.165) is 18.5 Å². The van der Waals surface area contributed by atoms with Crippen LogP contribution in [-0.2, 0) is 12.8 Å². The zero-order valence-corrected chi connectivity index (χ0v) is 9.04. The quantitative estimate of drug-likeness (QED) is 0.735. The molecule has 0 unspecified atom stereocenters. The minimum absolute atomic E-state index is 0.459. The van der Waals surface area contributed by atoms with Gasteiger partial charge >= 0.3 is 6.03 Å². The predicted octanol–water partition coefficient (Wildman–Crippen LogP) is 2.43. The molecular weight excluding hydrogens is 196 g/mol. The van der Waals surface area contributed by atoms with E-state index in [-0.39, 0.29) is 0 Å². The Morgan fingerprint density at radius 2 is 2.14 bits per heavy atom. The van der Waals surface area contributed by atoms with Gasteiger partial charge in [-0.25, -0.2) is 4.79 Å². The molecule has 3 nitrogen and oxygen atoms in total. The van der Waals surface area contributed by atoms with Crippen LogP contribution in [0, 0.1) is 6.92 Å². The van der Waals surface area contributed by atoms with E-state index in [4.69, 9.17) is 5.73 Å². The average Bonchev–Trinajstić information content (AvgIpc) is 2.43. The first-order chi connectivity index (χ1) is 6.68. The van der Waals surface area contributed by atoms with Gasteiger partial charge in [0.1, 0.15) is 0 Å². The largest absolute Gasteiger partial charge is 0.351 e. The predicted molar refractivity (Wildman–Crippen MR) is 58.9 cm³/mol. The zero-order chi connectivity index (χ0) is 10.1. The van der Waals surface area contributed by atoms with Crippen molar-refractivity contribution >= 4 is 23.1 Å². The third-order valence-corrected chi connectivity index (χ3v) is 3.80. The Morgan fingerprint density at radius 1 is 1.43 bits per heavy atom. The molecule has 4 heteroatoms. The van der Waals surface area contributed by atoms with Crippen molar-refractivity contribution in [1.29, 1.82) is 0 Å². The Bertz CT molecular complexity index is 370. The van der Waals surface area contributed by atoms with Gasteiger partial charge in [0.15, 0.2) is 0 Å². The summed E-state index contributed by atoms with van der Waals surface area (Å²) in [5.74, 6) is 0. The van der Waals surface area contributed by atoms with E-state index < -0.39 is 6.03 Å². The molecule has 2 amide bonds. The first-order valence-electron chi connectivity index (χ1n) is 4.86. The molecule has 0 aromatic carbocycles. The summed E-state index contributed by atoms with van der Waals surface area (Å²) in [6.07, 6.45) is 4.72. The molecule has 1 aromatic rings. The van der Waals surface area contributed by atoms with Crippen LogP contribution in [0.1, 0.15) is 28.2 Å². The van der Waals surface area contributed by atoms with Gasteiger partial charge in [-0.2, -0.15) is 0 Å². The summed E-state index contributed by atoms with van der Waals surface area (Å²) in [6.45, 7) is 2.04. The van der Waals surface area contributed by atoms with Crippen molar-refractivity contribution in [3.05, 3.63) is 15.3 Å². The van der Waals surface area contributed by atoms with Crippen LogP contribution in [-0.4, -0.2) is 6.03 Å². The SMILES string of the molecule is Cc1sc2c(c1NC(N)=O)CCCC2. The highest BCUT2D eigenvalue weighted by Gasteiger charge is 2.19. The Balaban J connectivity index is 2.37. The summed E-state index contributed by atoms with van der Waals surface area (Å²) in [4.78, 5) is 13.4. The lowest BCUT2D eigenvalue weighted by atomic mass is 9.97. The van der Waals surface area contributed by atoms with Crippen LogP contribution in [0.2, 0.25) is 0 Å². The van der Waals surface area contributed by atoms with Crippen molar-refractivity contribution in [1.82, 2.24) is 0 Å². The van der Waals surface area contributed by atoms with Gasteiger partial charge in [0.25, 0.3) is 0 Å². The van der Waals surface area contributed by atoms with Crippen LogP contribution in [0.4, 0.5) is 10.5 Å². The number of hydrogen-bond donors (Lipinski definition) is 2. The number of carbonyl (C=O) groups excluding carboxylic acids is 1. The van der Waals surface area contributed by atoms with Crippen molar-refractivity contribution in [3.63, 3.8) is 0 Å². The Kier molecular flexibility index (Phi) is 2.46. The second kappa shape index (κ2) is 3.61. The molecule has 0 fully saturated rings. The van der Waals surface area contributed by atoms with Gasteiger partial charge in [-0.05, 0) is 38.2 Å². The lowest BCUT2D eigenvalue weighted by Gasteiger charge is -2.12. The lowest BCUT2D eigenvalue weighted by Crippen LogP contribution is -2.20. The molecule has 1 heterocycles. The normalized spacial score (nSPS) is 14.9. The molecule has 0 radical (unpaired) electrons. The van der Waals surface area contributed by atoms with Crippen LogP contribution < -0.4 is 11.1 Å². The molecule has 0 bridgehead atoms. The molecule has 1 aliphatic rings. The van der Waals surface area contributed by atoms with Gasteiger partial charge in [-0.1, -0.05) is 0 Å². The average molecular weight is 210 g/mol. The van der Waals surface area contributed by atoms with Crippen molar-refractivity contribution in [2.24, 2.45) is 5.73 Å². The van der Waals surface area contributed by atoms with Crippen molar-refractivity contribution in [2.75, 3.05) is 5.32 Å². The summed E-state index contributed by atoms with van der Waals surface area (Å²) < 4.78 is 0. The molecule has 2 rings (SSSR count). The lowest BCUT2D eigenvalue weighted by molar-refractivity contribution is 0.259. The molecule has 3 N–H and O–H groups in total. The highest BCUT2D eigenvalue weighted by atomic mass is 32.1. The minimum atomic E-state index is -0.459. The summed E-state index contributed by atoms with van der Waals surface area (Å²) in [5.41, 5.74) is 7.43. The molecule has 0 aliphatic heterocycles.